The standard InChI is InChI=1S/C28H29N3O5/c1-34-24-9-6-19(16-25(24)35-2)27(21-5-3-4-12-29-21)18-10-13-31(14-11-18)28(33)20-7-8-23-22(15-20)30-26(32)17-36-23/h3-9,12,15-16,18,27H,10-11,13-14,17H2,1-2H3,(H,30,32). The molecule has 1 aromatic heterocycles. The molecule has 0 bridgehead atoms. The molecule has 36 heavy (non-hydrogen) atoms. The Morgan fingerprint density at radius 1 is 1.06 bits per heavy atom. The van der Waals surface area contributed by atoms with Crippen LogP contribution in [0.1, 0.15) is 40.4 Å². The summed E-state index contributed by atoms with van der Waals surface area (Å²) in [6.07, 6.45) is 3.50. The van der Waals surface area contributed by atoms with Crippen LogP contribution in [0.2, 0.25) is 0 Å². The number of hydrogen-bond acceptors (Lipinski definition) is 6. The van der Waals surface area contributed by atoms with Gasteiger partial charge in [-0.25, -0.2) is 0 Å². The van der Waals surface area contributed by atoms with Gasteiger partial charge in [-0.05, 0) is 66.8 Å². The van der Waals surface area contributed by atoms with Crippen molar-refractivity contribution in [3.63, 3.8) is 0 Å². The molecule has 0 aliphatic carbocycles. The third kappa shape index (κ3) is 4.71. The highest BCUT2D eigenvalue weighted by Gasteiger charge is 2.32. The van der Waals surface area contributed by atoms with Gasteiger partial charge in [-0.3, -0.25) is 14.6 Å². The van der Waals surface area contributed by atoms with Gasteiger partial charge in [0.05, 0.1) is 19.9 Å². The fourth-order valence-electron chi connectivity index (χ4n) is 5.13. The first-order valence-corrected chi connectivity index (χ1v) is 12.1. The van der Waals surface area contributed by atoms with E-state index in [-0.39, 0.29) is 24.3 Å². The molecule has 3 aromatic rings. The Hall–Kier alpha value is -4.07. The minimum Gasteiger partial charge on any atom is -0.493 e. The number of nitrogens with one attached hydrogen (secondary N) is 1. The van der Waals surface area contributed by atoms with Gasteiger partial charge >= 0.3 is 0 Å². The Bertz CT molecular complexity index is 1260. The number of anilines is 1. The van der Waals surface area contributed by atoms with Gasteiger partial charge in [-0.1, -0.05) is 12.1 Å². The lowest BCUT2D eigenvalue weighted by atomic mass is 9.77. The summed E-state index contributed by atoms with van der Waals surface area (Å²) in [6.45, 7) is 1.27. The molecule has 8 heteroatoms. The van der Waals surface area contributed by atoms with Gasteiger partial charge in [-0.15, -0.1) is 0 Å². The van der Waals surface area contributed by atoms with E-state index in [2.05, 4.69) is 22.4 Å². The zero-order valence-electron chi connectivity index (χ0n) is 20.4. The van der Waals surface area contributed by atoms with Crippen LogP contribution in [0.4, 0.5) is 5.69 Å². The number of benzene rings is 2. The zero-order valence-corrected chi connectivity index (χ0v) is 20.4. The van der Waals surface area contributed by atoms with Crippen molar-refractivity contribution in [3.8, 4) is 17.2 Å². The topological polar surface area (TPSA) is 90.0 Å². The van der Waals surface area contributed by atoms with Crippen LogP contribution in [0.15, 0.2) is 60.8 Å². The summed E-state index contributed by atoms with van der Waals surface area (Å²) in [4.78, 5) is 31.5. The number of pyridine rings is 1. The van der Waals surface area contributed by atoms with Gasteiger partial charge in [-0.2, -0.15) is 0 Å². The van der Waals surface area contributed by atoms with Crippen LogP contribution < -0.4 is 19.5 Å². The Kier molecular flexibility index (Phi) is 6.75. The molecule has 0 spiro atoms. The Labute approximate surface area is 210 Å². The average Bonchev–Trinajstić information content (AvgIpc) is 2.93. The van der Waals surface area contributed by atoms with E-state index in [9.17, 15) is 9.59 Å². The van der Waals surface area contributed by atoms with Crippen molar-refractivity contribution in [2.24, 2.45) is 5.92 Å². The molecular weight excluding hydrogens is 458 g/mol. The molecule has 8 nitrogen and oxygen atoms in total. The van der Waals surface area contributed by atoms with Crippen LogP contribution >= 0.6 is 0 Å². The normalized spacial score (nSPS) is 16.4. The van der Waals surface area contributed by atoms with Crippen LogP contribution in [0.3, 0.4) is 0 Å². The molecule has 1 unspecified atom stereocenters. The second kappa shape index (κ2) is 10.3. The van der Waals surface area contributed by atoms with Crippen molar-refractivity contribution in [3.05, 3.63) is 77.6 Å². The predicted octanol–water partition coefficient (Wildman–Crippen LogP) is 4.11. The Morgan fingerprint density at radius 3 is 2.58 bits per heavy atom. The summed E-state index contributed by atoms with van der Waals surface area (Å²) in [5.74, 6) is 2.07. The first kappa shape index (κ1) is 23.7. The molecule has 2 aliphatic rings. The number of hydrogen-bond donors (Lipinski definition) is 1. The summed E-state index contributed by atoms with van der Waals surface area (Å²) in [7, 11) is 3.27. The molecule has 2 aliphatic heterocycles. The highest BCUT2D eigenvalue weighted by atomic mass is 16.5. The first-order chi connectivity index (χ1) is 17.6. The molecular formula is C28H29N3O5. The number of fused-ring (bicyclic) bond motifs is 1. The minimum atomic E-state index is -0.219. The summed E-state index contributed by atoms with van der Waals surface area (Å²) < 4.78 is 16.4. The third-order valence-electron chi connectivity index (χ3n) is 6.93. The van der Waals surface area contributed by atoms with Crippen LogP contribution in [0.5, 0.6) is 17.2 Å². The molecule has 1 saturated heterocycles. The molecule has 0 radical (unpaired) electrons. The number of amides is 2. The van der Waals surface area contributed by atoms with E-state index < -0.39 is 0 Å². The minimum absolute atomic E-state index is 0.00862. The quantitative estimate of drug-likeness (QED) is 0.563. The smallest absolute Gasteiger partial charge is 0.262 e. The first-order valence-electron chi connectivity index (χ1n) is 12.1. The summed E-state index contributed by atoms with van der Waals surface area (Å²) in [5, 5.41) is 2.77. The summed E-state index contributed by atoms with van der Waals surface area (Å²) in [6, 6.07) is 17.2. The van der Waals surface area contributed by atoms with Gasteiger partial charge in [0.15, 0.2) is 18.1 Å². The average molecular weight is 488 g/mol. The highest BCUT2D eigenvalue weighted by Crippen LogP contribution is 2.40. The number of likely N-dealkylation sites (tertiary alicyclic amines) is 1. The maximum atomic E-state index is 13.3. The van der Waals surface area contributed by atoms with Gasteiger partial charge in [0.25, 0.3) is 11.8 Å². The number of rotatable bonds is 6. The second-order valence-corrected chi connectivity index (χ2v) is 9.02. The van der Waals surface area contributed by atoms with E-state index in [4.69, 9.17) is 14.2 Å². The third-order valence-corrected chi connectivity index (χ3v) is 6.93. The molecule has 1 fully saturated rings. The van der Waals surface area contributed by atoms with Crippen LogP contribution in [-0.4, -0.2) is 55.6 Å². The fourth-order valence-corrected chi connectivity index (χ4v) is 5.13. The lowest BCUT2D eigenvalue weighted by Crippen LogP contribution is -2.40. The van der Waals surface area contributed by atoms with Crippen molar-refractivity contribution < 1.29 is 23.8 Å². The van der Waals surface area contributed by atoms with Crippen molar-refractivity contribution in [2.45, 2.75) is 18.8 Å². The number of aromatic nitrogens is 1. The van der Waals surface area contributed by atoms with E-state index in [1.54, 1.807) is 32.4 Å². The van der Waals surface area contributed by atoms with E-state index in [0.29, 0.717) is 47.5 Å². The van der Waals surface area contributed by atoms with E-state index in [0.717, 1.165) is 24.1 Å². The molecule has 3 heterocycles. The molecule has 186 valence electrons. The van der Waals surface area contributed by atoms with Crippen LogP contribution in [0.25, 0.3) is 0 Å². The summed E-state index contributed by atoms with van der Waals surface area (Å²) in [5.41, 5.74) is 3.19. The zero-order chi connectivity index (χ0) is 25.1. The second-order valence-electron chi connectivity index (χ2n) is 9.02. The van der Waals surface area contributed by atoms with Crippen molar-refractivity contribution in [2.75, 3.05) is 39.2 Å². The molecule has 2 aromatic carbocycles. The number of nitrogens with zero attached hydrogens (tertiary/aromatic N) is 2. The highest BCUT2D eigenvalue weighted by molar-refractivity contribution is 5.99. The van der Waals surface area contributed by atoms with Gasteiger partial charge in [0.2, 0.25) is 0 Å². The fraction of sp³-hybridized carbons (Fsp3) is 0.321. The largest absolute Gasteiger partial charge is 0.493 e. The number of methoxy groups -OCH3 is 2. The number of piperidine rings is 1. The van der Waals surface area contributed by atoms with Crippen molar-refractivity contribution >= 4 is 17.5 Å². The van der Waals surface area contributed by atoms with Gasteiger partial charge < -0.3 is 24.4 Å². The Morgan fingerprint density at radius 2 is 1.86 bits per heavy atom. The van der Waals surface area contributed by atoms with Crippen molar-refractivity contribution in [1.82, 2.24) is 9.88 Å². The van der Waals surface area contributed by atoms with E-state index in [1.165, 1.54) is 0 Å². The molecule has 1 atom stereocenters. The monoisotopic (exact) mass is 487 g/mol. The van der Waals surface area contributed by atoms with Gasteiger partial charge in [0, 0.05) is 36.5 Å². The Balaban J connectivity index is 1.35. The molecule has 0 saturated carbocycles. The lowest BCUT2D eigenvalue weighted by Gasteiger charge is -2.36. The molecule has 2 amide bonds. The van der Waals surface area contributed by atoms with E-state index in [1.807, 2.05) is 35.4 Å². The number of carbonyl (C=O) groups is 2. The van der Waals surface area contributed by atoms with Gasteiger partial charge in [0.1, 0.15) is 5.75 Å². The van der Waals surface area contributed by atoms with Crippen molar-refractivity contribution in [1.29, 1.82) is 0 Å². The van der Waals surface area contributed by atoms with Crippen LogP contribution in [0, 0.1) is 5.92 Å². The maximum absolute atomic E-state index is 13.3. The number of carbonyl (C=O) groups excluding carboxylic acids is 2. The molecule has 1 N–H and O–H groups in total. The predicted molar refractivity (Wildman–Crippen MR) is 135 cm³/mol. The van der Waals surface area contributed by atoms with Crippen LogP contribution in [-0.2, 0) is 4.79 Å². The number of ether oxygens (including phenoxy) is 3. The summed E-state index contributed by atoms with van der Waals surface area (Å²) >= 11 is 0. The lowest BCUT2D eigenvalue weighted by molar-refractivity contribution is -0.118. The maximum Gasteiger partial charge on any atom is 0.262 e. The molecule has 5 rings (SSSR count). The van der Waals surface area contributed by atoms with E-state index >= 15 is 0 Å². The SMILES string of the molecule is COc1ccc(C(c2ccccn2)C2CCN(C(=O)c3ccc4c(c3)NC(=O)CO4)CC2)cc1OC.